The Hall–Kier alpha value is -1.24. The van der Waals surface area contributed by atoms with Gasteiger partial charge >= 0.3 is 0 Å². The number of nitrogens with two attached hydrogens (primary N) is 1. The van der Waals surface area contributed by atoms with Crippen LogP contribution < -0.4 is 11.1 Å². The summed E-state index contributed by atoms with van der Waals surface area (Å²) in [6.45, 7) is 4.72. The first-order valence-corrected chi connectivity index (χ1v) is 8.86. The fourth-order valence-electron chi connectivity index (χ4n) is 2.09. The monoisotopic (exact) mass is 381 g/mol. The zero-order valence-corrected chi connectivity index (χ0v) is 15.1. The van der Waals surface area contributed by atoms with Gasteiger partial charge in [0.2, 0.25) is 0 Å². The van der Waals surface area contributed by atoms with Crippen LogP contribution in [0.25, 0.3) is 0 Å². The van der Waals surface area contributed by atoms with Gasteiger partial charge in [0.15, 0.2) is 0 Å². The van der Waals surface area contributed by atoms with Crippen molar-refractivity contribution in [3.63, 3.8) is 0 Å². The van der Waals surface area contributed by atoms with Gasteiger partial charge in [0, 0.05) is 16.4 Å². The number of rotatable bonds is 6. The van der Waals surface area contributed by atoms with E-state index in [1.165, 1.54) is 11.3 Å². The molecule has 0 radical (unpaired) electrons. The molecule has 0 saturated carbocycles. The first kappa shape index (κ1) is 17.1. The summed E-state index contributed by atoms with van der Waals surface area (Å²) in [6.07, 6.45) is 0.868. The van der Waals surface area contributed by atoms with Crippen LogP contribution in [-0.2, 0) is 6.54 Å². The molecule has 1 aromatic carbocycles. The summed E-state index contributed by atoms with van der Waals surface area (Å²) in [7, 11) is 0. The molecule has 2 rings (SSSR count). The van der Waals surface area contributed by atoms with E-state index in [0.717, 1.165) is 21.5 Å². The van der Waals surface area contributed by atoms with Crippen LogP contribution in [0.5, 0.6) is 0 Å². The summed E-state index contributed by atoms with van der Waals surface area (Å²) >= 11 is 4.86. The van der Waals surface area contributed by atoms with Gasteiger partial charge < -0.3 is 11.1 Å². The highest BCUT2D eigenvalue weighted by Crippen LogP contribution is 2.22. The van der Waals surface area contributed by atoms with Crippen LogP contribution in [0.4, 0.5) is 0 Å². The predicted octanol–water partition coefficient (Wildman–Crippen LogP) is 3.88. The van der Waals surface area contributed by atoms with Crippen molar-refractivity contribution in [2.24, 2.45) is 11.7 Å². The standard InChI is InChI=1S/C16H20BrN3OS/c1-10(2)6-13(18)16-20-14(9-22-16)15(21)19-8-11-4-3-5-12(17)7-11/h3-5,7,9-10,13H,6,8,18H2,1-2H3,(H,19,21). The first-order valence-electron chi connectivity index (χ1n) is 7.19. The maximum atomic E-state index is 12.1. The van der Waals surface area contributed by atoms with Gasteiger partial charge in [0.1, 0.15) is 10.7 Å². The van der Waals surface area contributed by atoms with E-state index in [0.29, 0.717) is 18.2 Å². The molecule has 0 saturated heterocycles. The normalized spacial score (nSPS) is 12.4. The fourth-order valence-corrected chi connectivity index (χ4v) is 3.35. The Morgan fingerprint density at radius 2 is 2.23 bits per heavy atom. The number of hydrogen-bond donors (Lipinski definition) is 2. The number of thiazole rings is 1. The minimum atomic E-state index is -0.167. The molecular formula is C16H20BrN3OS. The van der Waals surface area contributed by atoms with Crippen LogP contribution >= 0.6 is 27.3 Å². The zero-order chi connectivity index (χ0) is 16.1. The Balaban J connectivity index is 1.94. The molecule has 0 aliphatic carbocycles. The molecule has 1 heterocycles. The van der Waals surface area contributed by atoms with Crippen LogP contribution in [0.15, 0.2) is 34.1 Å². The topological polar surface area (TPSA) is 68.0 Å². The number of halogens is 1. The highest BCUT2D eigenvalue weighted by Gasteiger charge is 2.16. The van der Waals surface area contributed by atoms with Gasteiger partial charge in [-0.3, -0.25) is 4.79 Å². The maximum Gasteiger partial charge on any atom is 0.271 e. The second kappa shape index (κ2) is 7.85. The van der Waals surface area contributed by atoms with E-state index in [1.807, 2.05) is 24.3 Å². The van der Waals surface area contributed by atoms with Crippen molar-refractivity contribution < 1.29 is 4.79 Å². The van der Waals surface area contributed by atoms with Crippen LogP contribution in [0.2, 0.25) is 0 Å². The second-order valence-electron chi connectivity index (χ2n) is 5.62. The number of nitrogens with zero attached hydrogens (tertiary/aromatic N) is 1. The lowest BCUT2D eigenvalue weighted by Crippen LogP contribution is -2.23. The van der Waals surface area contributed by atoms with E-state index in [1.54, 1.807) is 5.38 Å². The van der Waals surface area contributed by atoms with Crippen molar-refractivity contribution in [2.75, 3.05) is 0 Å². The summed E-state index contributed by atoms with van der Waals surface area (Å²) < 4.78 is 0.995. The number of carbonyl (C=O) groups is 1. The minimum Gasteiger partial charge on any atom is -0.347 e. The molecule has 1 amide bonds. The van der Waals surface area contributed by atoms with Crippen LogP contribution in [0.3, 0.4) is 0 Å². The lowest BCUT2D eigenvalue weighted by atomic mass is 10.1. The number of nitrogens with one attached hydrogen (secondary N) is 1. The summed E-state index contributed by atoms with van der Waals surface area (Å²) in [6, 6.07) is 7.74. The molecule has 2 aromatic rings. The Kier molecular flexibility index (Phi) is 6.11. The Morgan fingerprint density at radius 1 is 1.45 bits per heavy atom. The lowest BCUT2D eigenvalue weighted by molar-refractivity contribution is 0.0946. The highest BCUT2D eigenvalue weighted by atomic mass is 79.9. The maximum absolute atomic E-state index is 12.1. The van der Waals surface area contributed by atoms with E-state index in [2.05, 4.69) is 40.1 Å². The average Bonchev–Trinajstić information content (AvgIpc) is 2.94. The van der Waals surface area contributed by atoms with Crippen LogP contribution in [0, 0.1) is 5.92 Å². The second-order valence-corrected chi connectivity index (χ2v) is 7.42. The summed E-state index contributed by atoms with van der Waals surface area (Å²) in [4.78, 5) is 16.5. The minimum absolute atomic E-state index is 0.100. The van der Waals surface area contributed by atoms with E-state index < -0.39 is 0 Å². The molecule has 22 heavy (non-hydrogen) atoms. The van der Waals surface area contributed by atoms with E-state index >= 15 is 0 Å². The van der Waals surface area contributed by atoms with Gasteiger partial charge in [0.05, 0.1) is 6.04 Å². The molecule has 0 aliphatic heterocycles. The van der Waals surface area contributed by atoms with E-state index in [4.69, 9.17) is 5.73 Å². The fraction of sp³-hybridized carbons (Fsp3) is 0.375. The molecule has 1 atom stereocenters. The number of hydrogen-bond acceptors (Lipinski definition) is 4. The van der Waals surface area contributed by atoms with Crippen LogP contribution in [-0.4, -0.2) is 10.9 Å². The number of benzene rings is 1. The van der Waals surface area contributed by atoms with Crippen LogP contribution in [0.1, 0.15) is 47.4 Å². The summed E-state index contributed by atoms with van der Waals surface area (Å²) in [5.74, 6) is 0.340. The largest absolute Gasteiger partial charge is 0.347 e. The van der Waals surface area contributed by atoms with Gasteiger partial charge in [0.25, 0.3) is 5.91 Å². The SMILES string of the molecule is CC(C)CC(N)c1nc(C(=O)NCc2cccc(Br)c2)cs1. The highest BCUT2D eigenvalue weighted by molar-refractivity contribution is 9.10. The molecule has 0 bridgehead atoms. The third kappa shape index (κ3) is 4.90. The third-order valence-corrected chi connectivity index (χ3v) is 4.61. The zero-order valence-electron chi connectivity index (χ0n) is 12.7. The quantitative estimate of drug-likeness (QED) is 0.797. The van der Waals surface area contributed by atoms with E-state index in [-0.39, 0.29) is 11.9 Å². The van der Waals surface area contributed by atoms with Gasteiger partial charge in [-0.15, -0.1) is 11.3 Å². The molecule has 0 fully saturated rings. The molecule has 118 valence electrons. The van der Waals surface area contributed by atoms with Crippen molar-refractivity contribution in [1.82, 2.24) is 10.3 Å². The lowest BCUT2D eigenvalue weighted by Gasteiger charge is -2.10. The average molecular weight is 382 g/mol. The van der Waals surface area contributed by atoms with Gasteiger partial charge in [-0.25, -0.2) is 4.98 Å². The molecule has 4 nitrogen and oxygen atoms in total. The molecule has 3 N–H and O–H groups in total. The van der Waals surface area contributed by atoms with Crippen molar-refractivity contribution in [1.29, 1.82) is 0 Å². The van der Waals surface area contributed by atoms with Gasteiger partial charge in [-0.2, -0.15) is 0 Å². The molecule has 0 aliphatic rings. The Labute approximate surface area is 143 Å². The van der Waals surface area contributed by atoms with Gasteiger partial charge in [-0.1, -0.05) is 41.9 Å². The smallest absolute Gasteiger partial charge is 0.271 e. The molecule has 1 unspecified atom stereocenters. The molecule has 1 aromatic heterocycles. The van der Waals surface area contributed by atoms with Crippen molar-refractivity contribution >= 4 is 33.2 Å². The van der Waals surface area contributed by atoms with E-state index in [9.17, 15) is 4.79 Å². The number of amides is 1. The van der Waals surface area contributed by atoms with Crippen molar-refractivity contribution in [3.05, 3.63) is 50.4 Å². The Morgan fingerprint density at radius 3 is 2.91 bits per heavy atom. The van der Waals surface area contributed by atoms with Crippen molar-refractivity contribution in [3.8, 4) is 0 Å². The molecule has 6 heteroatoms. The summed E-state index contributed by atoms with van der Waals surface area (Å²) in [5, 5.41) is 5.47. The predicted molar refractivity (Wildman–Crippen MR) is 93.8 cm³/mol. The molecule has 0 spiro atoms. The number of carbonyl (C=O) groups excluding carboxylic acids is 1. The third-order valence-electron chi connectivity index (χ3n) is 3.14. The van der Waals surface area contributed by atoms with Gasteiger partial charge in [-0.05, 0) is 30.0 Å². The molecular weight excluding hydrogens is 362 g/mol. The first-order chi connectivity index (χ1) is 10.5. The van der Waals surface area contributed by atoms with Crippen molar-refractivity contribution in [2.45, 2.75) is 32.9 Å². The Bertz CT molecular complexity index is 642. The summed E-state index contributed by atoms with van der Waals surface area (Å²) in [5.41, 5.74) is 7.58. The number of aromatic nitrogens is 1.